The van der Waals surface area contributed by atoms with E-state index in [2.05, 4.69) is 37.4 Å². The van der Waals surface area contributed by atoms with Crippen molar-refractivity contribution in [3.63, 3.8) is 0 Å². The van der Waals surface area contributed by atoms with E-state index >= 15 is 0 Å². The molecular weight excluding hydrogens is 488 g/mol. The zero-order valence-electron chi connectivity index (χ0n) is 19.5. The van der Waals surface area contributed by atoms with Crippen molar-refractivity contribution >= 4 is 27.9 Å². The Morgan fingerprint density at radius 1 is 1.36 bits per heavy atom. The maximum Gasteiger partial charge on any atom is 0.409 e. The molecule has 3 N–H and O–H groups in total. The Bertz CT molecular complexity index is 954. The molecule has 9 nitrogen and oxygen atoms in total. The molecule has 1 fully saturated rings. The number of amides is 2. The van der Waals surface area contributed by atoms with Crippen molar-refractivity contribution < 1.29 is 14.3 Å². The van der Waals surface area contributed by atoms with Crippen molar-refractivity contribution in [2.75, 3.05) is 13.7 Å². The molecule has 1 aliphatic rings. The van der Waals surface area contributed by atoms with Crippen LogP contribution in [0.2, 0.25) is 0 Å². The molecule has 0 saturated heterocycles. The standard InChI is InChI=1S/C23H33BrN6O3/c1-23(2,25)21(31)28-19(10-6-8-16-7-4-5-9-18(16)24)20-26-15-27-30(20)13-14-33-22(32)29(3)17-11-12-17/h4-5,7,9,15,17,19H,6,8,10-14,25H2,1-3H3,(H,28,31). The number of rotatable bonds is 11. The summed E-state index contributed by atoms with van der Waals surface area (Å²) in [6, 6.07) is 8.02. The summed E-state index contributed by atoms with van der Waals surface area (Å²) in [5.74, 6) is 0.353. The highest BCUT2D eigenvalue weighted by Crippen LogP contribution is 2.26. The van der Waals surface area contributed by atoms with Gasteiger partial charge in [0.2, 0.25) is 5.91 Å². The van der Waals surface area contributed by atoms with Crippen molar-refractivity contribution in [2.45, 2.75) is 70.1 Å². The first kappa shape index (κ1) is 25.2. The highest BCUT2D eigenvalue weighted by atomic mass is 79.9. The highest BCUT2D eigenvalue weighted by molar-refractivity contribution is 9.10. The zero-order valence-corrected chi connectivity index (χ0v) is 21.0. The van der Waals surface area contributed by atoms with Crippen LogP contribution in [0.15, 0.2) is 35.1 Å². The molecule has 1 saturated carbocycles. The van der Waals surface area contributed by atoms with E-state index in [-0.39, 0.29) is 24.6 Å². The Morgan fingerprint density at radius 2 is 2.09 bits per heavy atom. The van der Waals surface area contributed by atoms with Crippen LogP contribution in [0.5, 0.6) is 0 Å². The van der Waals surface area contributed by atoms with Crippen LogP contribution in [-0.4, -0.2) is 56.9 Å². The smallest absolute Gasteiger partial charge is 0.409 e. The van der Waals surface area contributed by atoms with E-state index in [9.17, 15) is 9.59 Å². The van der Waals surface area contributed by atoms with Gasteiger partial charge in [0, 0.05) is 17.6 Å². The van der Waals surface area contributed by atoms with Gasteiger partial charge in [0.1, 0.15) is 18.8 Å². The lowest BCUT2D eigenvalue weighted by molar-refractivity contribution is -0.126. The third-order valence-electron chi connectivity index (χ3n) is 5.66. The first-order valence-electron chi connectivity index (χ1n) is 11.3. The predicted molar refractivity (Wildman–Crippen MR) is 128 cm³/mol. The van der Waals surface area contributed by atoms with Crippen LogP contribution in [0.4, 0.5) is 4.79 Å². The van der Waals surface area contributed by atoms with Crippen LogP contribution in [0.3, 0.4) is 0 Å². The predicted octanol–water partition coefficient (Wildman–Crippen LogP) is 3.19. The number of aromatic nitrogens is 3. The van der Waals surface area contributed by atoms with Gasteiger partial charge in [-0.05, 0) is 57.6 Å². The number of aryl methyl sites for hydroxylation is 1. The minimum atomic E-state index is -1.02. The molecule has 3 rings (SSSR count). The molecule has 1 aliphatic carbocycles. The number of benzene rings is 1. The Hall–Kier alpha value is -2.46. The summed E-state index contributed by atoms with van der Waals surface area (Å²) in [5, 5.41) is 7.31. The Balaban J connectivity index is 1.64. The molecule has 2 aromatic rings. The van der Waals surface area contributed by atoms with E-state index in [0.717, 1.165) is 30.2 Å². The van der Waals surface area contributed by atoms with Gasteiger partial charge in [-0.25, -0.2) is 14.5 Å². The second-order valence-electron chi connectivity index (χ2n) is 9.03. The fraction of sp³-hybridized carbons (Fsp3) is 0.565. The van der Waals surface area contributed by atoms with Crippen LogP contribution >= 0.6 is 15.9 Å². The van der Waals surface area contributed by atoms with Crippen molar-refractivity contribution in [3.8, 4) is 0 Å². The summed E-state index contributed by atoms with van der Waals surface area (Å²) >= 11 is 3.59. The second kappa shape index (κ2) is 11.1. The normalized spacial score (nSPS) is 14.6. The van der Waals surface area contributed by atoms with Gasteiger partial charge in [-0.2, -0.15) is 5.10 Å². The molecule has 0 aliphatic heterocycles. The molecule has 0 bridgehead atoms. The quantitative estimate of drug-likeness (QED) is 0.470. The van der Waals surface area contributed by atoms with Crippen LogP contribution in [0.25, 0.3) is 0 Å². The minimum absolute atomic E-state index is 0.173. The van der Waals surface area contributed by atoms with Gasteiger partial charge in [-0.3, -0.25) is 4.79 Å². The molecule has 0 spiro atoms. The van der Waals surface area contributed by atoms with Gasteiger partial charge < -0.3 is 20.7 Å². The summed E-state index contributed by atoms with van der Waals surface area (Å²) in [6.45, 7) is 3.86. The monoisotopic (exact) mass is 520 g/mol. The summed E-state index contributed by atoms with van der Waals surface area (Å²) < 4.78 is 8.13. The van der Waals surface area contributed by atoms with E-state index in [0.29, 0.717) is 24.8 Å². The van der Waals surface area contributed by atoms with E-state index < -0.39 is 5.54 Å². The van der Waals surface area contributed by atoms with E-state index in [4.69, 9.17) is 10.5 Å². The largest absolute Gasteiger partial charge is 0.447 e. The van der Waals surface area contributed by atoms with Gasteiger partial charge >= 0.3 is 6.09 Å². The van der Waals surface area contributed by atoms with Gasteiger partial charge in [0.05, 0.1) is 18.1 Å². The SMILES string of the molecule is CN(C(=O)OCCn1ncnc1C(CCCc1ccccc1Br)NC(=O)C(C)(C)N)C1CC1. The summed E-state index contributed by atoms with van der Waals surface area (Å²) in [4.78, 5) is 30.8. The molecule has 1 unspecified atom stereocenters. The van der Waals surface area contributed by atoms with E-state index in [1.54, 1.807) is 30.5 Å². The van der Waals surface area contributed by atoms with Crippen LogP contribution in [0, 0.1) is 0 Å². The molecule has 33 heavy (non-hydrogen) atoms. The number of nitrogens with one attached hydrogen (secondary N) is 1. The number of nitrogens with two attached hydrogens (primary N) is 1. The van der Waals surface area contributed by atoms with Crippen LogP contribution < -0.4 is 11.1 Å². The second-order valence-corrected chi connectivity index (χ2v) is 9.88. The number of hydrogen-bond donors (Lipinski definition) is 2. The Morgan fingerprint density at radius 3 is 2.76 bits per heavy atom. The first-order valence-corrected chi connectivity index (χ1v) is 12.1. The molecule has 1 aromatic heterocycles. The third-order valence-corrected chi connectivity index (χ3v) is 6.43. The fourth-order valence-corrected chi connectivity index (χ4v) is 3.94. The number of carbonyl (C=O) groups excluding carboxylic acids is 2. The number of carbonyl (C=O) groups is 2. The molecule has 1 atom stereocenters. The van der Waals surface area contributed by atoms with Crippen molar-refractivity contribution in [3.05, 3.63) is 46.5 Å². The third kappa shape index (κ3) is 7.26. The maximum atomic E-state index is 12.6. The Kier molecular flexibility index (Phi) is 8.47. The first-order chi connectivity index (χ1) is 15.7. The lowest BCUT2D eigenvalue weighted by atomic mass is 10.0. The van der Waals surface area contributed by atoms with Crippen molar-refractivity contribution in [1.82, 2.24) is 25.0 Å². The molecular formula is C23H33BrN6O3. The molecule has 0 radical (unpaired) electrons. The van der Waals surface area contributed by atoms with Crippen LogP contribution in [0.1, 0.15) is 57.0 Å². The fourth-order valence-electron chi connectivity index (χ4n) is 3.46. The molecule has 1 heterocycles. The van der Waals surface area contributed by atoms with Gasteiger partial charge in [-0.1, -0.05) is 34.1 Å². The summed E-state index contributed by atoms with van der Waals surface area (Å²) in [7, 11) is 1.76. The van der Waals surface area contributed by atoms with E-state index in [1.807, 2.05) is 18.2 Å². The number of hydrogen-bond acceptors (Lipinski definition) is 6. The Labute approximate surface area is 203 Å². The zero-order chi connectivity index (χ0) is 24.0. The molecule has 180 valence electrons. The van der Waals surface area contributed by atoms with Crippen molar-refractivity contribution in [1.29, 1.82) is 0 Å². The highest BCUT2D eigenvalue weighted by Gasteiger charge is 2.31. The van der Waals surface area contributed by atoms with Gasteiger partial charge in [0.25, 0.3) is 0 Å². The van der Waals surface area contributed by atoms with E-state index in [1.165, 1.54) is 11.9 Å². The minimum Gasteiger partial charge on any atom is -0.447 e. The lowest BCUT2D eigenvalue weighted by Crippen LogP contribution is -2.50. The maximum absolute atomic E-state index is 12.6. The summed E-state index contributed by atoms with van der Waals surface area (Å²) in [5.41, 5.74) is 6.19. The number of halogens is 1. The average molecular weight is 521 g/mol. The molecule has 2 amide bonds. The lowest BCUT2D eigenvalue weighted by Gasteiger charge is -2.24. The van der Waals surface area contributed by atoms with Crippen molar-refractivity contribution in [2.24, 2.45) is 5.73 Å². The van der Waals surface area contributed by atoms with Crippen LogP contribution in [-0.2, 0) is 22.5 Å². The molecule has 1 aromatic carbocycles. The summed E-state index contributed by atoms with van der Waals surface area (Å²) in [6.07, 6.45) is 5.50. The number of nitrogens with zero attached hydrogens (tertiary/aromatic N) is 4. The topological polar surface area (TPSA) is 115 Å². The molecule has 10 heteroatoms. The number of ether oxygens (including phenoxy) is 1. The van der Waals surface area contributed by atoms with Gasteiger partial charge in [0.15, 0.2) is 0 Å². The van der Waals surface area contributed by atoms with Gasteiger partial charge in [-0.15, -0.1) is 0 Å². The average Bonchev–Trinajstić information content (AvgIpc) is 3.51.